The summed E-state index contributed by atoms with van der Waals surface area (Å²) in [7, 11) is 1.59. The van der Waals surface area contributed by atoms with Crippen molar-refractivity contribution in [3.63, 3.8) is 0 Å². The van der Waals surface area contributed by atoms with Gasteiger partial charge in [-0.15, -0.1) is 0 Å². The molecule has 0 saturated carbocycles. The van der Waals surface area contributed by atoms with Gasteiger partial charge in [-0.3, -0.25) is 0 Å². The lowest BCUT2D eigenvalue weighted by Gasteiger charge is -2.13. The molecule has 3 nitrogen and oxygen atoms in total. The number of aliphatic hydroxyl groups excluding tert-OH is 1. The van der Waals surface area contributed by atoms with E-state index >= 15 is 0 Å². The van der Waals surface area contributed by atoms with Gasteiger partial charge in [-0.25, -0.2) is 0 Å². The third kappa shape index (κ3) is 4.03. The molecule has 1 N–H and O–H groups in total. The van der Waals surface area contributed by atoms with Crippen LogP contribution in [0.4, 0.5) is 0 Å². The molecule has 0 aliphatic heterocycles. The van der Waals surface area contributed by atoms with Gasteiger partial charge in [-0.05, 0) is 42.8 Å². The van der Waals surface area contributed by atoms with Gasteiger partial charge < -0.3 is 14.6 Å². The van der Waals surface area contributed by atoms with Crippen LogP contribution < -0.4 is 9.47 Å². The van der Waals surface area contributed by atoms with E-state index in [-0.39, 0.29) is 6.61 Å². The first kappa shape index (κ1) is 16.0. The van der Waals surface area contributed by atoms with Gasteiger partial charge >= 0.3 is 0 Å². The maximum Gasteiger partial charge on any atom is 0.138 e. The average Bonchev–Trinajstić information content (AvgIpc) is 2.46. The molecule has 21 heavy (non-hydrogen) atoms. The van der Waals surface area contributed by atoms with E-state index in [1.165, 1.54) is 0 Å². The van der Waals surface area contributed by atoms with Crippen LogP contribution >= 0.6 is 23.2 Å². The normalized spacial score (nSPS) is 12.0. The molecule has 0 fully saturated rings. The molecule has 0 radical (unpaired) electrons. The molecule has 112 valence electrons. The molecule has 1 unspecified atom stereocenters. The highest BCUT2D eigenvalue weighted by Gasteiger charge is 2.09. The van der Waals surface area contributed by atoms with Crippen LogP contribution in [0.25, 0.3) is 0 Å². The van der Waals surface area contributed by atoms with Crippen LogP contribution in [0, 0.1) is 0 Å². The number of ether oxygens (including phenoxy) is 2. The van der Waals surface area contributed by atoms with Crippen molar-refractivity contribution in [2.45, 2.75) is 19.6 Å². The van der Waals surface area contributed by atoms with Crippen molar-refractivity contribution < 1.29 is 14.6 Å². The Bertz CT molecular complexity index is 627. The third-order valence-corrected chi connectivity index (χ3v) is 3.59. The van der Waals surface area contributed by atoms with Crippen LogP contribution in [0.15, 0.2) is 36.4 Å². The largest absolute Gasteiger partial charge is 0.496 e. The summed E-state index contributed by atoms with van der Waals surface area (Å²) in [5.41, 5.74) is 1.58. The summed E-state index contributed by atoms with van der Waals surface area (Å²) < 4.78 is 11.0. The average molecular weight is 327 g/mol. The lowest BCUT2D eigenvalue weighted by Crippen LogP contribution is -2.00. The van der Waals surface area contributed by atoms with Crippen LogP contribution in [0.3, 0.4) is 0 Å². The monoisotopic (exact) mass is 326 g/mol. The van der Waals surface area contributed by atoms with E-state index in [4.69, 9.17) is 32.7 Å². The topological polar surface area (TPSA) is 38.7 Å². The van der Waals surface area contributed by atoms with Gasteiger partial charge in [0, 0.05) is 10.6 Å². The fraction of sp³-hybridized carbons (Fsp3) is 0.250. The first-order valence-corrected chi connectivity index (χ1v) is 7.19. The molecule has 0 amide bonds. The van der Waals surface area contributed by atoms with Gasteiger partial charge in [0.15, 0.2) is 0 Å². The van der Waals surface area contributed by atoms with Gasteiger partial charge in [0.1, 0.15) is 18.1 Å². The van der Waals surface area contributed by atoms with Gasteiger partial charge in [0.25, 0.3) is 0 Å². The second kappa shape index (κ2) is 7.03. The van der Waals surface area contributed by atoms with Crippen molar-refractivity contribution >= 4 is 23.2 Å². The summed E-state index contributed by atoms with van der Waals surface area (Å²) in [4.78, 5) is 0. The van der Waals surface area contributed by atoms with Crippen LogP contribution in [-0.4, -0.2) is 12.2 Å². The Labute approximate surface area is 134 Å². The number of hydrogen-bond donors (Lipinski definition) is 1. The Hall–Kier alpha value is -1.42. The fourth-order valence-corrected chi connectivity index (χ4v) is 2.35. The van der Waals surface area contributed by atoms with Crippen molar-refractivity contribution in [2.75, 3.05) is 7.11 Å². The summed E-state index contributed by atoms with van der Waals surface area (Å²) in [6.45, 7) is 1.97. The van der Waals surface area contributed by atoms with E-state index in [2.05, 4.69) is 0 Å². The van der Waals surface area contributed by atoms with E-state index in [0.29, 0.717) is 21.5 Å². The molecule has 0 bridgehead atoms. The maximum atomic E-state index is 9.52. The molecule has 0 heterocycles. The van der Waals surface area contributed by atoms with Crippen LogP contribution in [0.1, 0.15) is 24.2 Å². The summed E-state index contributed by atoms with van der Waals surface area (Å²) >= 11 is 12.1. The Morgan fingerprint density at radius 1 is 1.10 bits per heavy atom. The number of halogens is 2. The van der Waals surface area contributed by atoms with Crippen LogP contribution in [-0.2, 0) is 6.61 Å². The van der Waals surface area contributed by atoms with Crippen LogP contribution in [0.5, 0.6) is 11.5 Å². The Balaban J connectivity index is 2.15. The van der Waals surface area contributed by atoms with E-state index < -0.39 is 6.10 Å². The second-order valence-electron chi connectivity index (χ2n) is 4.61. The molecule has 2 aromatic carbocycles. The fourth-order valence-electron chi connectivity index (χ4n) is 1.91. The van der Waals surface area contributed by atoms with E-state index in [1.54, 1.807) is 50.4 Å². The van der Waals surface area contributed by atoms with Crippen LogP contribution in [0.2, 0.25) is 10.0 Å². The quantitative estimate of drug-likeness (QED) is 0.870. The molecular weight excluding hydrogens is 311 g/mol. The lowest BCUT2D eigenvalue weighted by molar-refractivity contribution is 0.199. The van der Waals surface area contributed by atoms with E-state index in [9.17, 15) is 5.11 Å². The molecule has 0 saturated heterocycles. The molecule has 0 aromatic heterocycles. The minimum absolute atomic E-state index is 0.289. The number of aliphatic hydroxyl groups is 1. The van der Waals surface area contributed by atoms with Gasteiger partial charge in [-0.1, -0.05) is 29.3 Å². The molecule has 5 heteroatoms. The molecule has 2 aromatic rings. The van der Waals surface area contributed by atoms with Crippen molar-refractivity contribution in [3.8, 4) is 11.5 Å². The standard InChI is InChI=1S/C16H16Cl2O3/c1-10(19)11-3-5-16(14(18)8-11)21-9-12-7-13(17)4-6-15(12)20-2/h3-8,10,19H,9H2,1-2H3. The zero-order chi connectivity index (χ0) is 15.4. The zero-order valence-corrected chi connectivity index (χ0v) is 13.3. The Morgan fingerprint density at radius 2 is 1.81 bits per heavy atom. The van der Waals surface area contributed by atoms with Crippen molar-refractivity contribution in [2.24, 2.45) is 0 Å². The minimum atomic E-state index is -0.565. The highest BCUT2D eigenvalue weighted by Crippen LogP contribution is 2.30. The predicted molar refractivity (Wildman–Crippen MR) is 84.4 cm³/mol. The molecule has 0 aliphatic rings. The summed E-state index contributed by atoms with van der Waals surface area (Å²) in [6, 6.07) is 10.5. The van der Waals surface area contributed by atoms with Crippen molar-refractivity contribution in [3.05, 3.63) is 57.6 Å². The minimum Gasteiger partial charge on any atom is -0.496 e. The van der Waals surface area contributed by atoms with Crippen molar-refractivity contribution in [1.29, 1.82) is 0 Å². The smallest absolute Gasteiger partial charge is 0.138 e. The van der Waals surface area contributed by atoms with Crippen molar-refractivity contribution in [1.82, 2.24) is 0 Å². The molecule has 0 spiro atoms. The first-order chi connectivity index (χ1) is 10.0. The number of rotatable bonds is 5. The molecule has 1 atom stereocenters. The summed E-state index contributed by atoms with van der Waals surface area (Å²) in [6.07, 6.45) is -0.565. The Morgan fingerprint density at radius 3 is 2.43 bits per heavy atom. The number of methoxy groups -OCH3 is 1. The van der Waals surface area contributed by atoms with E-state index in [0.717, 1.165) is 11.1 Å². The summed E-state index contributed by atoms with van der Waals surface area (Å²) in [5.74, 6) is 1.25. The zero-order valence-electron chi connectivity index (χ0n) is 11.8. The maximum absolute atomic E-state index is 9.52. The predicted octanol–water partition coefficient (Wildman–Crippen LogP) is 4.63. The SMILES string of the molecule is COc1ccc(Cl)cc1COc1ccc(C(C)O)cc1Cl. The van der Waals surface area contributed by atoms with Gasteiger partial charge in [-0.2, -0.15) is 0 Å². The van der Waals surface area contributed by atoms with Gasteiger partial charge in [0.05, 0.1) is 18.2 Å². The number of benzene rings is 2. The Kier molecular flexibility index (Phi) is 5.34. The first-order valence-electron chi connectivity index (χ1n) is 6.44. The van der Waals surface area contributed by atoms with Gasteiger partial charge in [0.2, 0.25) is 0 Å². The second-order valence-corrected chi connectivity index (χ2v) is 5.45. The molecule has 0 aliphatic carbocycles. The highest BCUT2D eigenvalue weighted by molar-refractivity contribution is 6.32. The number of hydrogen-bond acceptors (Lipinski definition) is 3. The molecule has 2 rings (SSSR count). The lowest BCUT2D eigenvalue weighted by atomic mass is 10.1. The highest BCUT2D eigenvalue weighted by atomic mass is 35.5. The summed E-state index contributed by atoms with van der Waals surface area (Å²) in [5, 5.41) is 10.6. The molecular formula is C16H16Cl2O3. The van der Waals surface area contributed by atoms with E-state index in [1.807, 2.05) is 0 Å². The third-order valence-electron chi connectivity index (χ3n) is 3.06.